The maximum Gasteiger partial charge on any atom is 0.349 e. The van der Waals surface area contributed by atoms with Gasteiger partial charge in [0.2, 0.25) is 0 Å². The Labute approximate surface area is 129 Å². The lowest BCUT2D eigenvalue weighted by atomic mass is 10.1. The van der Waals surface area contributed by atoms with Crippen LogP contribution in [0.1, 0.15) is 20.1 Å². The first-order valence-corrected chi connectivity index (χ1v) is 8.17. The second kappa shape index (κ2) is 5.87. The van der Waals surface area contributed by atoms with Crippen LogP contribution < -0.4 is 4.74 Å². The minimum atomic E-state index is -1.03. The number of carbonyl (C=O) groups excluding carboxylic acids is 1. The van der Waals surface area contributed by atoms with Crippen LogP contribution in [0.5, 0.6) is 5.75 Å². The van der Waals surface area contributed by atoms with Gasteiger partial charge in [0.05, 0.1) is 0 Å². The standard InChI is InChI=1S/C14H13NO4S2/c16-12(8-19-10-3-6-21-13(10)14(17)18)15-4-1-11-9(7-15)2-5-20-11/h2-3,5-6H,1,4,7-8H2,(H,17,18). The third-order valence-corrected chi connectivity index (χ3v) is 5.24. The van der Waals surface area contributed by atoms with Gasteiger partial charge in [-0.3, -0.25) is 4.79 Å². The van der Waals surface area contributed by atoms with Gasteiger partial charge in [-0.25, -0.2) is 4.79 Å². The van der Waals surface area contributed by atoms with E-state index in [0.29, 0.717) is 13.1 Å². The van der Waals surface area contributed by atoms with Crippen molar-refractivity contribution in [2.75, 3.05) is 13.2 Å². The first-order valence-electron chi connectivity index (χ1n) is 6.42. The molecule has 110 valence electrons. The predicted octanol–water partition coefficient (Wildman–Crippen LogP) is 2.47. The van der Waals surface area contributed by atoms with Crippen LogP contribution in [0.25, 0.3) is 0 Å². The van der Waals surface area contributed by atoms with E-state index in [1.165, 1.54) is 10.4 Å². The number of ether oxygens (including phenoxy) is 1. The minimum Gasteiger partial charge on any atom is -0.482 e. The largest absolute Gasteiger partial charge is 0.482 e. The van der Waals surface area contributed by atoms with E-state index in [2.05, 4.69) is 0 Å². The zero-order chi connectivity index (χ0) is 14.8. The van der Waals surface area contributed by atoms with E-state index in [4.69, 9.17) is 9.84 Å². The third-order valence-electron chi connectivity index (χ3n) is 3.33. The molecule has 0 spiro atoms. The number of carbonyl (C=O) groups is 2. The van der Waals surface area contributed by atoms with Crippen molar-refractivity contribution in [2.45, 2.75) is 13.0 Å². The number of hydrogen-bond donors (Lipinski definition) is 1. The third kappa shape index (κ3) is 2.93. The fourth-order valence-electron chi connectivity index (χ4n) is 2.26. The molecule has 0 saturated heterocycles. The maximum atomic E-state index is 12.2. The number of amides is 1. The number of carboxylic acid groups (broad SMARTS) is 1. The number of aromatic carboxylic acids is 1. The molecule has 7 heteroatoms. The molecule has 0 aliphatic carbocycles. The van der Waals surface area contributed by atoms with Gasteiger partial charge in [-0.15, -0.1) is 22.7 Å². The lowest BCUT2D eigenvalue weighted by molar-refractivity contribution is -0.134. The smallest absolute Gasteiger partial charge is 0.349 e. The van der Waals surface area contributed by atoms with Crippen molar-refractivity contribution in [1.82, 2.24) is 4.90 Å². The average molecular weight is 323 g/mol. The van der Waals surface area contributed by atoms with Gasteiger partial charge in [0.15, 0.2) is 11.5 Å². The van der Waals surface area contributed by atoms with Crippen molar-refractivity contribution in [3.63, 3.8) is 0 Å². The van der Waals surface area contributed by atoms with Gasteiger partial charge in [0.25, 0.3) is 5.91 Å². The second-order valence-corrected chi connectivity index (χ2v) is 6.56. The molecular formula is C14H13NO4S2. The summed E-state index contributed by atoms with van der Waals surface area (Å²) in [4.78, 5) is 26.4. The summed E-state index contributed by atoms with van der Waals surface area (Å²) in [6.07, 6.45) is 0.873. The fourth-order valence-corrected chi connectivity index (χ4v) is 3.82. The molecule has 0 saturated carbocycles. The lowest BCUT2D eigenvalue weighted by Crippen LogP contribution is -2.38. The summed E-state index contributed by atoms with van der Waals surface area (Å²) >= 11 is 2.81. The molecule has 1 amide bonds. The number of carboxylic acids is 1. The van der Waals surface area contributed by atoms with Crippen LogP contribution in [-0.2, 0) is 17.8 Å². The van der Waals surface area contributed by atoms with Crippen LogP contribution in [0.3, 0.4) is 0 Å². The van der Waals surface area contributed by atoms with Crippen molar-refractivity contribution in [1.29, 1.82) is 0 Å². The van der Waals surface area contributed by atoms with E-state index < -0.39 is 5.97 Å². The van der Waals surface area contributed by atoms with Gasteiger partial charge in [-0.1, -0.05) is 0 Å². The molecule has 0 aromatic carbocycles. The molecule has 0 bridgehead atoms. The second-order valence-electron chi connectivity index (χ2n) is 4.64. The molecule has 1 aliphatic rings. The summed E-state index contributed by atoms with van der Waals surface area (Å²) in [5.74, 6) is -0.892. The Balaban J connectivity index is 1.60. The quantitative estimate of drug-likeness (QED) is 0.938. The monoisotopic (exact) mass is 323 g/mol. The molecule has 0 fully saturated rings. The zero-order valence-electron chi connectivity index (χ0n) is 11.1. The molecular weight excluding hydrogens is 310 g/mol. The predicted molar refractivity (Wildman–Crippen MR) is 80.2 cm³/mol. The number of rotatable bonds is 4. The van der Waals surface area contributed by atoms with Crippen LogP contribution in [0.2, 0.25) is 0 Å². The lowest BCUT2D eigenvalue weighted by Gasteiger charge is -2.26. The Bertz CT molecular complexity index is 676. The van der Waals surface area contributed by atoms with Gasteiger partial charge in [0, 0.05) is 18.0 Å². The molecule has 2 aromatic heterocycles. The van der Waals surface area contributed by atoms with E-state index in [0.717, 1.165) is 17.8 Å². The van der Waals surface area contributed by atoms with Crippen molar-refractivity contribution >= 4 is 34.6 Å². The van der Waals surface area contributed by atoms with E-state index in [-0.39, 0.29) is 23.1 Å². The Kier molecular flexibility index (Phi) is 3.94. The SMILES string of the molecule is O=C(O)c1sccc1OCC(=O)N1CCc2sccc2C1. The van der Waals surface area contributed by atoms with Crippen molar-refractivity contribution in [2.24, 2.45) is 0 Å². The number of hydrogen-bond acceptors (Lipinski definition) is 5. The summed E-state index contributed by atoms with van der Waals surface area (Å²) in [5.41, 5.74) is 1.20. The average Bonchev–Trinajstić information content (AvgIpc) is 3.12. The normalized spacial score (nSPS) is 13.8. The maximum absolute atomic E-state index is 12.2. The molecule has 21 heavy (non-hydrogen) atoms. The number of nitrogens with zero attached hydrogens (tertiary/aromatic N) is 1. The van der Waals surface area contributed by atoms with Gasteiger partial charge >= 0.3 is 5.97 Å². The van der Waals surface area contributed by atoms with Crippen molar-refractivity contribution < 1.29 is 19.4 Å². The van der Waals surface area contributed by atoms with Gasteiger partial charge < -0.3 is 14.7 Å². The summed E-state index contributed by atoms with van der Waals surface area (Å²) in [7, 11) is 0. The summed E-state index contributed by atoms with van der Waals surface area (Å²) in [5, 5.41) is 12.7. The highest BCUT2D eigenvalue weighted by molar-refractivity contribution is 7.12. The molecule has 1 N–H and O–H groups in total. The summed E-state index contributed by atoms with van der Waals surface area (Å²) < 4.78 is 5.36. The Hall–Kier alpha value is -1.86. The van der Waals surface area contributed by atoms with Gasteiger partial charge in [0.1, 0.15) is 5.75 Å². The molecule has 3 heterocycles. The molecule has 1 aliphatic heterocycles. The van der Waals surface area contributed by atoms with Gasteiger partial charge in [-0.2, -0.15) is 0 Å². The summed E-state index contributed by atoms with van der Waals surface area (Å²) in [6, 6.07) is 3.62. The van der Waals surface area contributed by atoms with Crippen LogP contribution in [0.15, 0.2) is 22.9 Å². The van der Waals surface area contributed by atoms with Crippen LogP contribution in [0, 0.1) is 0 Å². The zero-order valence-corrected chi connectivity index (χ0v) is 12.7. The highest BCUT2D eigenvalue weighted by Gasteiger charge is 2.22. The van der Waals surface area contributed by atoms with Crippen LogP contribution in [-0.4, -0.2) is 35.0 Å². The highest BCUT2D eigenvalue weighted by atomic mass is 32.1. The first-order chi connectivity index (χ1) is 10.1. The number of thiophene rings is 2. The topological polar surface area (TPSA) is 66.8 Å². The molecule has 0 atom stereocenters. The molecule has 5 nitrogen and oxygen atoms in total. The van der Waals surface area contributed by atoms with Crippen LogP contribution >= 0.6 is 22.7 Å². The van der Waals surface area contributed by atoms with Crippen molar-refractivity contribution in [3.8, 4) is 5.75 Å². The molecule has 2 aromatic rings. The Morgan fingerprint density at radius 3 is 2.90 bits per heavy atom. The molecule has 0 unspecified atom stereocenters. The first kappa shape index (κ1) is 14.1. The molecule has 3 rings (SSSR count). The Morgan fingerprint density at radius 1 is 1.29 bits per heavy atom. The van der Waals surface area contributed by atoms with E-state index in [9.17, 15) is 9.59 Å². The van der Waals surface area contributed by atoms with E-state index in [1.54, 1.807) is 27.7 Å². The van der Waals surface area contributed by atoms with Gasteiger partial charge in [-0.05, 0) is 34.9 Å². The van der Waals surface area contributed by atoms with Crippen LogP contribution in [0.4, 0.5) is 0 Å². The fraction of sp³-hybridized carbons (Fsp3) is 0.286. The van der Waals surface area contributed by atoms with E-state index in [1.807, 2.05) is 11.4 Å². The van der Waals surface area contributed by atoms with Crippen molar-refractivity contribution in [3.05, 3.63) is 38.2 Å². The molecule has 0 radical (unpaired) electrons. The number of fused-ring (bicyclic) bond motifs is 1. The minimum absolute atomic E-state index is 0.116. The Morgan fingerprint density at radius 2 is 2.10 bits per heavy atom. The summed E-state index contributed by atoms with van der Waals surface area (Å²) in [6.45, 7) is 1.16. The highest BCUT2D eigenvalue weighted by Crippen LogP contribution is 2.26. The van der Waals surface area contributed by atoms with E-state index >= 15 is 0 Å².